The van der Waals surface area contributed by atoms with Crippen LogP contribution in [0.1, 0.15) is 31.2 Å². The van der Waals surface area contributed by atoms with Gasteiger partial charge in [-0.3, -0.25) is 0 Å². The summed E-state index contributed by atoms with van der Waals surface area (Å²) in [7, 11) is 3.35. The Morgan fingerprint density at radius 2 is 2.00 bits per heavy atom. The summed E-state index contributed by atoms with van der Waals surface area (Å²) in [4.78, 5) is 0. The molecule has 0 spiro atoms. The van der Waals surface area contributed by atoms with Crippen molar-refractivity contribution in [3.05, 3.63) is 23.8 Å². The molecule has 1 unspecified atom stereocenters. The second-order valence-electron chi connectivity index (χ2n) is 3.94. The molecule has 1 rings (SSSR count). The second-order valence-corrected chi connectivity index (χ2v) is 3.94. The first-order valence-electron chi connectivity index (χ1n) is 5.65. The molecule has 90 valence electrons. The summed E-state index contributed by atoms with van der Waals surface area (Å²) in [5, 5.41) is 0. The van der Waals surface area contributed by atoms with Gasteiger partial charge < -0.3 is 15.2 Å². The lowest BCUT2D eigenvalue weighted by Gasteiger charge is -2.16. The van der Waals surface area contributed by atoms with Crippen molar-refractivity contribution in [1.82, 2.24) is 0 Å². The molecule has 0 bridgehead atoms. The average Bonchev–Trinajstić information content (AvgIpc) is 2.34. The van der Waals surface area contributed by atoms with Crippen LogP contribution in [-0.4, -0.2) is 20.8 Å². The van der Waals surface area contributed by atoms with Gasteiger partial charge >= 0.3 is 0 Å². The summed E-state index contributed by atoms with van der Waals surface area (Å²) in [5.74, 6) is 2.18. The third kappa shape index (κ3) is 3.14. The van der Waals surface area contributed by atoms with E-state index in [2.05, 4.69) is 13.0 Å². The van der Waals surface area contributed by atoms with Gasteiger partial charge in [0.25, 0.3) is 0 Å². The first-order chi connectivity index (χ1) is 7.72. The fraction of sp³-hybridized carbons (Fsp3) is 0.538. The zero-order valence-electron chi connectivity index (χ0n) is 10.3. The predicted octanol–water partition coefficient (Wildman–Crippen LogP) is 2.55. The van der Waals surface area contributed by atoms with Crippen LogP contribution in [0.5, 0.6) is 11.5 Å². The van der Waals surface area contributed by atoms with Crippen LogP contribution < -0.4 is 15.2 Å². The molecule has 0 aliphatic carbocycles. The predicted molar refractivity (Wildman–Crippen MR) is 66.2 cm³/mol. The van der Waals surface area contributed by atoms with Crippen LogP contribution in [0.4, 0.5) is 0 Å². The molecule has 0 aliphatic heterocycles. The Hall–Kier alpha value is -1.22. The first-order valence-corrected chi connectivity index (χ1v) is 5.65. The Kier molecular flexibility index (Phi) is 5.12. The maximum atomic E-state index is 5.52. The SMILES string of the molecule is COc1ccc(C(C)CCCN)c(OC)c1. The highest BCUT2D eigenvalue weighted by atomic mass is 16.5. The Balaban J connectivity index is 2.85. The summed E-state index contributed by atoms with van der Waals surface area (Å²) < 4.78 is 10.6. The van der Waals surface area contributed by atoms with Gasteiger partial charge in [-0.05, 0) is 36.9 Å². The zero-order valence-corrected chi connectivity index (χ0v) is 10.3. The summed E-state index contributed by atoms with van der Waals surface area (Å²) in [6.07, 6.45) is 2.12. The molecule has 1 atom stereocenters. The summed E-state index contributed by atoms with van der Waals surface area (Å²) in [6, 6.07) is 5.96. The molecule has 0 radical (unpaired) electrons. The third-order valence-electron chi connectivity index (χ3n) is 2.81. The van der Waals surface area contributed by atoms with Crippen molar-refractivity contribution in [3.63, 3.8) is 0 Å². The van der Waals surface area contributed by atoms with E-state index < -0.39 is 0 Å². The molecule has 2 N–H and O–H groups in total. The number of rotatable bonds is 6. The fourth-order valence-corrected chi connectivity index (χ4v) is 1.81. The largest absolute Gasteiger partial charge is 0.497 e. The van der Waals surface area contributed by atoms with Gasteiger partial charge in [-0.25, -0.2) is 0 Å². The quantitative estimate of drug-likeness (QED) is 0.806. The van der Waals surface area contributed by atoms with Crippen LogP contribution in [0.3, 0.4) is 0 Å². The van der Waals surface area contributed by atoms with Crippen LogP contribution in [0.15, 0.2) is 18.2 Å². The van der Waals surface area contributed by atoms with Gasteiger partial charge in [-0.2, -0.15) is 0 Å². The maximum absolute atomic E-state index is 5.52. The number of hydrogen-bond acceptors (Lipinski definition) is 3. The molecule has 0 fully saturated rings. The van der Waals surface area contributed by atoms with Crippen LogP contribution in [0.2, 0.25) is 0 Å². The van der Waals surface area contributed by atoms with E-state index in [0.29, 0.717) is 5.92 Å². The average molecular weight is 223 g/mol. The van der Waals surface area contributed by atoms with Crippen LogP contribution >= 0.6 is 0 Å². The smallest absolute Gasteiger partial charge is 0.126 e. The van der Waals surface area contributed by atoms with Crippen molar-refractivity contribution in [3.8, 4) is 11.5 Å². The minimum absolute atomic E-state index is 0.462. The topological polar surface area (TPSA) is 44.5 Å². The van der Waals surface area contributed by atoms with Crippen LogP contribution in [0, 0.1) is 0 Å². The molecule has 0 aromatic heterocycles. The van der Waals surface area contributed by atoms with Crippen molar-refractivity contribution in [1.29, 1.82) is 0 Å². The van der Waals surface area contributed by atoms with Crippen molar-refractivity contribution >= 4 is 0 Å². The third-order valence-corrected chi connectivity index (χ3v) is 2.81. The van der Waals surface area contributed by atoms with Gasteiger partial charge in [0, 0.05) is 6.07 Å². The van der Waals surface area contributed by atoms with Gasteiger partial charge in [-0.1, -0.05) is 13.0 Å². The van der Waals surface area contributed by atoms with Gasteiger partial charge in [0.2, 0.25) is 0 Å². The highest BCUT2D eigenvalue weighted by Gasteiger charge is 2.11. The number of ether oxygens (including phenoxy) is 2. The van der Waals surface area contributed by atoms with E-state index in [9.17, 15) is 0 Å². The number of hydrogen-bond donors (Lipinski definition) is 1. The number of benzene rings is 1. The Morgan fingerprint density at radius 1 is 1.25 bits per heavy atom. The second kappa shape index (κ2) is 6.38. The zero-order chi connectivity index (χ0) is 12.0. The lowest BCUT2D eigenvalue weighted by Crippen LogP contribution is -2.03. The minimum atomic E-state index is 0.462. The summed E-state index contributed by atoms with van der Waals surface area (Å²) in [5.41, 5.74) is 6.74. The Morgan fingerprint density at radius 3 is 2.56 bits per heavy atom. The van der Waals surface area contributed by atoms with Crippen LogP contribution in [0.25, 0.3) is 0 Å². The maximum Gasteiger partial charge on any atom is 0.126 e. The molecule has 3 nitrogen and oxygen atoms in total. The highest BCUT2D eigenvalue weighted by molar-refractivity contribution is 5.42. The standard InChI is InChI=1S/C13H21NO2/c1-10(5-4-8-14)12-7-6-11(15-2)9-13(12)16-3/h6-7,9-10H,4-5,8,14H2,1-3H3. The molecule has 3 heteroatoms. The molecule has 0 saturated carbocycles. The summed E-state index contributed by atoms with van der Waals surface area (Å²) in [6.45, 7) is 2.93. The van der Waals surface area contributed by atoms with Crippen molar-refractivity contribution in [2.45, 2.75) is 25.7 Å². The summed E-state index contributed by atoms with van der Waals surface area (Å²) >= 11 is 0. The van der Waals surface area contributed by atoms with E-state index in [-0.39, 0.29) is 0 Å². The van der Waals surface area contributed by atoms with Gasteiger partial charge in [0.05, 0.1) is 14.2 Å². The van der Waals surface area contributed by atoms with E-state index in [4.69, 9.17) is 15.2 Å². The molecular formula is C13H21NO2. The first kappa shape index (κ1) is 12.8. The van der Waals surface area contributed by atoms with Crippen LogP contribution in [-0.2, 0) is 0 Å². The highest BCUT2D eigenvalue weighted by Crippen LogP contribution is 2.32. The van der Waals surface area contributed by atoms with E-state index in [0.717, 1.165) is 30.9 Å². The monoisotopic (exact) mass is 223 g/mol. The molecule has 0 aliphatic rings. The molecular weight excluding hydrogens is 202 g/mol. The van der Waals surface area contributed by atoms with E-state index in [1.165, 1.54) is 5.56 Å². The Labute approximate surface area is 97.6 Å². The normalized spacial score (nSPS) is 12.2. The van der Waals surface area contributed by atoms with E-state index in [1.54, 1.807) is 14.2 Å². The van der Waals surface area contributed by atoms with Crippen molar-refractivity contribution < 1.29 is 9.47 Å². The molecule has 1 aromatic carbocycles. The number of nitrogens with two attached hydrogens (primary N) is 1. The molecule has 0 heterocycles. The molecule has 16 heavy (non-hydrogen) atoms. The fourth-order valence-electron chi connectivity index (χ4n) is 1.81. The van der Waals surface area contributed by atoms with Gasteiger partial charge in [-0.15, -0.1) is 0 Å². The molecule has 0 saturated heterocycles. The lowest BCUT2D eigenvalue weighted by atomic mass is 9.95. The van der Waals surface area contributed by atoms with Gasteiger partial charge in [0.15, 0.2) is 0 Å². The molecule has 0 amide bonds. The van der Waals surface area contributed by atoms with Gasteiger partial charge in [0.1, 0.15) is 11.5 Å². The Bertz CT molecular complexity index is 326. The number of methoxy groups -OCH3 is 2. The van der Waals surface area contributed by atoms with Crippen molar-refractivity contribution in [2.24, 2.45) is 5.73 Å². The lowest BCUT2D eigenvalue weighted by molar-refractivity contribution is 0.388. The van der Waals surface area contributed by atoms with E-state index in [1.807, 2.05) is 12.1 Å². The minimum Gasteiger partial charge on any atom is -0.497 e. The van der Waals surface area contributed by atoms with Crippen molar-refractivity contribution in [2.75, 3.05) is 20.8 Å². The molecule has 1 aromatic rings. The van der Waals surface area contributed by atoms with E-state index >= 15 is 0 Å².